The highest BCUT2D eigenvalue weighted by Gasteiger charge is 2.19. The van der Waals surface area contributed by atoms with Crippen LogP contribution in [0.15, 0.2) is 24.3 Å². The lowest BCUT2D eigenvalue weighted by atomic mass is 9.95. The summed E-state index contributed by atoms with van der Waals surface area (Å²) >= 11 is 5.43. The molecule has 0 aliphatic carbocycles. The fourth-order valence-electron chi connectivity index (χ4n) is 2.11. The molecule has 0 atom stereocenters. The monoisotopic (exact) mass is 302 g/mol. The Hall–Kier alpha value is -1.68. The fourth-order valence-corrected chi connectivity index (χ4v) is 2.30. The quantitative estimate of drug-likeness (QED) is 0.827. The van der Waals surface area contributed by atoms with E-state index in [1.54, 1.807) is 0 Å². The van der Waals surface area contributed by atoms with E-state index in [4.69, 9.17) is 17.0 Å². The van der Waals surface area contributed by atoms with Crippen LogP contribution in [0, 0.1) is 11.6 Å². The van der Waals surface area contributed by atoms with Crippen LogP contribution in [0.2, 0.25) is 0 Å². The van der Waals surface area contributed by atoms with Crippen LogP contribution in [-0.2, 0) is 5.41 Å². The van der Waals surface area contributed by atoms with Gasteiger partial charge in [0.2, 0.25) is 0 Å². The number of nitrogens with zero attached hydrogens (tertiary/aromatic N) is 1. The van der Waals surface area contributed by atoms with E-state index >= 15 is 0 Å². The molecule has 1 aromatic carbocycles. The number of aromatic amines is 1. The molecule has 2 aromatic rings. The molecule has 0 unspecified atom stereocenters. The third-order valence-electron chi connectivity index (χ3n) is 3.32. The summed E-state index contributed by atoms with van der Waals surface area (Å²) < 4.78 is 6.38. The van der Waals surface area contributed by atoms with Crippen molar-refractivity contribution in [2.24, 2.45) is 0 Å². The zero-order valence-electron chi connectivity index (χ0n) is 13.3. The minimum Gasteiger partial charge on any atom is -0.493 e. The average molecular weight is 302 g/mol. The molecule has 1 N–H and O–H groups in total. The maximum Gasteiger partial charge on any atom is 0.133 e. The maximum absolute atomic E-state index is 5.74. The lowest BCUT2D eigenvalue weighted by molar-refractivity contribution is 0.341. The molecule has 1 heterocycles. The first-order valence-electron chi connectivity index (χ1n) is 7.18. The van der Waals surface area contributed by atoms with Gasteiger partial charge in [-0.2, -0.15) is 0 Å². The predicted molar refractivity (Wildman–Crippen MR) is 89.5 cm³/mol. The Kier molecular flexibility index (Phi) is 4.47. The van der Waals surface area contributed by atoms with Crippen LogP contribution in [0.5, 0.6) is 5.75 Å². The van der Waals surface area contributed by atoms with E-state index in [0.717, 1.165) is 28.4 Å². The molecule has 1 aromatic heterocycles. The van der Waals surface area contributed by atoms with Crippen molar-refractivity contribution in [1.29, 1.82) is 0 Å². The Labute approximate surface area is 131 Å². The lowest BCUT2D eigenvalue weighted by Gasteiger charge is -2.20. The zero-order valence-corrected chi connectivity index (χ0v) is 14.1. The molecular weight excluding hydrogens is 280 g/mol. The van der Waals surface area contributed by atoms with Crippen LogP contribution in [0.3, 0.4) is 0 Å². The average Bonchev–Trinajstić information content (AvgIpc) is 2.42. The van der Waals surface area contributed by atoms with Crippen LogP contribution in [0.25, 0.3) is 11.3 Å². The Morgan fingerprint density at radius 2 is 1.90 bits per heavy atom. The lowest BCUT2D eigenvalue weighted by Crippen LogP contribution is -2.17. The van der Waals surface area contributed by atoms with E-state index in [1.807, 2.05) is 38.1 Å². The van der Waals surface area contributed by atoms with Gasteiger partial charge in [-0.1, -0.05) is 45.1 Å². The first kappa shape index (κ1) is 15.7. The van der Waals surface area contributed by atoms with Crippen molar-refractivity contribution < 1.29 is 4.74 Å². The molecule has 0 amide bonds. The molecule has 0 saturated heterocycles. The van der Waals surface area contributed by atoms with E-state index in [2.05, 4.69) is 30.7 Å². The van der Waals surface area contributed by atoms with E-state index < -0.39 is 0 Å². The van der Waals surface area contributed by atoms with Crippen molar-refractivity contribution in [3.8, 4) is 17.0 Å². The zero-order chi connectivity index (χ0) is 15.6. The summed E-state index contributed by atoms with van der Waals surface area (Å²) in [6.45, 7) is 11.0. The van der Waals surface area contributed by atoms with Gasteiger partial charge in [0, 0.05) is 16.5 Å². The molecule has 0 aliphatic rings. The van der Waals surface area contributed by atoms with Gasteiger partial charge in [-0.25, -0.2) is 4.98 Å². The van der Waals surface area contributed by atoms with Crippen molar-refractivity contribution in [1.82, 2.24) is 9.97 Å². The standard InChI is InChI=1S/C17H22N2OS/c1-6-20-13-10-8-7-9-12(13)14-11(2)15(21)19-16(18-14)17(3,4)5/h7-10H,6H2,1-5H3,(H,18,19,21). The molecule has 4 heteroatoms. The number of hydrogen-bond donors (Lipinski definition) is 1. The molecule has 0 aliphatic heterocycles. The number of ether oxygens (including phenoxy) is 1. The smallest absolute Gasteiger partial charge is 0.133 e. The maximum atomic E-state index is 5.74. The molecule has 2 rings (SSSR count). The largest absolute Gasteiger partial charge is 0.493 e. The summed E-state index contributed by atoms with van der Waals surface area (Å²) in [5, 5.41) is 0. The number of aromatic nitrogens is 2. The molecular formula is C17H22N2OS. The summed E-state index contributed by atoms with van der Waals surface area (Å²) in [5.41, 5.74) is 2.90. The van der Waals surface area contributed by atoms with Gasteiger partial charge in [0.05, 0.1) is 12.3 Å². The third-order valence-corrected chi connectivity index (χ3v) is 3.72. The van der Waals surface area contributed by atoms with Gasteiger partial charge in [0.15, 0.2) is 0 Å². The second-order valence-electron chi connectivity index (χ2n) is 6.07. The molecule has 0 fully saturated rings. The number of para-hydroxylation sites is 1. The fraction of sp³-hybridized carbons (Fsp3) is 0.412. The van der Waals surface area contributed by atoms with Crippen LogP contribution < -0.4 is 4.74 Å². The topological polar surface area (TPSA) is 37.9 Å². The second kappa shape index (κ2) is 5.98. The van der Waals surface area contributed by atoms with Gasteiger partial charge >= 0.3 is 0 Å². The second-order valence-corrected chi connectivity index (χ2v) is 6.46. The summed E-state index contributed by atoms with van der Waals surface area (Å²) in [6, 6.07) is 8.01. The van der Waals surface area contributed by atoms with Crippen molar-refractivity contribution in [3.63, 3.8) is 0 Å². The Balaban J connectivity index is 2.69. The first-order chi connectivity index (χ1) is 9.84. The number of hydrogen-bond acceptors (Lipinski definition) is 3. The predicted octanol–water partition coefficient (Wildman–Crippen LogP) is 4.81. The third kappa shape index (κ3) is 3.32. The van der Waals surface area contributed by atoms with Crippen molar-refractivity contribution in [2.45, 2.75) is 40.0 Å². The van der Waals surface area contributed by atoms with E-state index in [-0.39, 0.29) is 5.41 Å². The summed E-state index contributed by atoms with van der Waals surface area (Å²) in [7, 11) is 0. The van der Waals surface area contributed by atoms with Crippen LogP contribution in [0.4, 0.5) is 0 Å². The van der Waals surface area contributed by atoms with E-state index in [9.17, 15) is 0 Å². The van der Waals surface area contributed by atoms with Gasteiger partial charge in [-0.3, -0.25) is 0 Å². The number of H-pyrrole nitrogens is 1. The van der Waals surface area contributed by atoms with E-state index in [1.165, 1.54) is 0 Å². The normalized spacial score (nSPS) is 11.5. The van der Waals surface area contributed by atoms with Crippen molar-refractivity contribution in [3.05, 3.63) is 40.3 Å². The van der Waals surface area contributed by atoms with Gasteiger partial charge in [0.25, 0.3) is 0 Å². The van der Waals surface area contributed by atoms with Gasteiger partial charge in [-0.15, -0.1) is 0 Å². The first-order valence-corrected chi connectivity index (χ1v) is 7.59. The van der Waals surface area contributed by atoms with E-state index in [0.29, 0.717) is 11.2 Å². The molecule has 0 spiro atoms. The van der Waals surface area contributed by atoms with Crippen LogP contribution in [-0.4, -0.2) is 16.6 Å². The Bertz CT molecular complexity index is 699. The Morgan fingerprint density at radius 1 is 1.24 bits per heavy atom. The molecule has 112 valence electrons. The molecule has 3 nitrogen and oxygen atoms in total. The summed E-state index contributed by atoms with van der Waals surface area (Å²) in [6.07, 6.45) is 0. The molecule has 0 saturated carbocycles. The Morgan fingerprint density at radius 3 is 2.52 bits per heavy atom. The molecule has 0 bridgehead atoms. The van der Waals surface area contributed by atoms with Gasteiger partial charge in [-0.05, 0) is 26.0 Å². The number of rotatable bonds is 3. The molecule has 0 radical (unpaired) electrons. The van der Waals surface area contributed by atoms with Gasteiger partial charge < -0.3 is 9.72 Å². The highest BCUT2D eigenvalue weighted by molar-refractivity contribution is 7.71. The SMILES string of the molecule is CCOc1ccccc1-c1[nH]c(C(C)(C)C)nc(=S)c1C. The molecule has 21 heavy (non-hydrogen) atoms. The van der Waals surface area contributed by atoms with Crippen LogP contribution in [0.1, 0.15) is 39.1 Å². The number of nitrogens with one attached hydrogen (secondary N) is 1. The van der Waals surface area contributed by atoms with Crippen LogP contribution >= 0.6 is 12.2 Å². The minimum atomic E-state index is -0.0867. The number of benzene rings is 1. The minimum absolute atomic E-state index is 0.0867. The highest BCUT2D eigenvalue weighted by Crippen LogP contribution is 2.32. The van der Waals surface area contributed by atoms with Crippen molar-refractivity contribution >= 4 is 12.2 Å². The summed E-state index contributed by atoms with van der Waals surface area (Å²) in [4.78, 5) is 7.98. The van der Waals surface area contributed by atoms with Crippen molar-refractivity contribution in [2.75, 3.05) is 6.61 Å². The summed E-state index contributed by atoms with van der Waals surface area (Å²) in [5.74, 6) is 1.75. The highest BCUT2D eigenvalue weighted by atomic mass is 32.1. The van der Waals surface area contributed by atoms with Gasteiger partial charge in [0.1, 0.15) is 16.2 Å².